The van der Waals surface area contributed by atoms with Gasteiger partial charge in [-0.15, -0.1) is 0 Å². The molecule has 0 aliphatic heterocycles. The van der Waals surface area contributed by atoms with Crippen molar-refractivity contribution in [2.24, 2.45) is 0 Å². The number of rotatable bonds is 6. The van der Waals surface area contributed by atoms with E-state index >= 15 is 0 Å². The van der Waals surface area contributed by atoms with Gasteiger partial charge in [0.1, 0.15) is 11.6 Å². The second-order valence-corrected chi connectivity index (χ2v) is 5.88. The molecule has 0 saturated heterocycles. The maximum Gasteiger partial charge on any atom is 0.256 e. The number of halogens is 1. The molecule has 0 unspecified atom stereocenters. The summed E-state index contributed by atoms with van der Waals surface area (Å²) in [7, 11) is 0. The molecule has 0 atom stereocenters. The number of nitriles is 1. The number of benzene rings is 2. The predicted octanol–water partition coefficient (Wildman–Crippen LogP) is 4.52. The second kappa shape index (κ2) is 7.66. The molecule has 120 valence electrons. The monoisotopic (exact) mass is 340 g/mol. The molecule has 0 amide bonds. The number of aromatic nitrogens is 1. The molecular weight excluding hydrogens is 327 g/mol. The molecular formula is C18H13FN2O2S. The van der Waals surface area contributed by atoms with Crippen molar-refractivity contribution < 1.29 is 13.5 Å². The molecule has 0 fully saturated rings. The number of hydrogen-bond acceptors (Lipinski definition) is 5. The van der Waals surface area contributed by atoms with Gasteiger partial charge in [0.15, 0.2) is 5.76 Å². The summed E-state index contributed by atoms with van der Waals surface area (Å²) < 4.78 is 24.1. The third kappa shape index (κ3) is 4.15. The summed E-state index contributed by atoms with van der Waals surface area (Å²) in [5.41, 5.74) is 1.34. The van der Waals surface area contributed by atoms with Crippen molar-refractivity contribution in [2.45, 2.75) is 5.22 Å². The first-order valence-corrected chi connectivity index (χ1v) is 8.21. The highest BCUT2D eigenvalue weighted by Crippen LogP contribution is 2.25. The van der Waals surface area contributed by atoms with E-state index in [1.807, 2.05) is 6.07 Å². The quantitative estimate of drug-likeness (QED) is 0.487. The van der Waals surface area contributed by atoms with E-state index in [0.29, 0.717) is 34.7 Å². The SMILES string of the molecule is N#Cc1cccc(OCCSc2ncc(-c3ccc(F)cc3)o2)c1. The topological polar surface area (TPSA) is 59.0 Å². The zero-order valence-corrected chi connectivity index (χ0v) is 13.4. The highest BCUT2D eigenvalue weighted by Gasteiger charge is 2.07. The highest BCUT2D eigenvalue weighted by molar-refractivity contribution is 7.99. The summed E-state index contributed by atoms with van der Waals surface area (Å²) in [5, 5.41) is 9.37. The second-order valence-electron chi connectivity index (χ2n) is 4.83. The largest absolute Gasteiger partial charge is 0.493 e. The molecule has 0 bridgehead atoms. The Hall–Kier alpha value is -2.78. The third-order valence-corrected chi connectivity index (χ3v) is 3.96. The Balaban J connectivity index is 1.50. The van der Waals surface area contributed by atoms with Crippen molar-refractivity contribution >= 4 is 11.8 Å². The van der Waals surface area contributed by atoms with E-state index in [1.165, 1.54) is 23.9 Å². The van der Waals surface area contributed by atoms with E-state index in [9.17, 15) is 4.39 Å². The summed E-state index contributed by atoms with van der Waals surface area (Å²) >= 11 is 1.43. The lowest BCUT2D eigenvalue weighted by molar-refractivity contribution is 0.343. The van der Waals surface area contributed by atoms with Crippen LogP contribution < -0.4 is 4.74 Å². The number of nitrogens with zero attached hydrogens (tertiary/aromatic N) is 2. The minimum Gasteiger partial charge on any atom is -0.493 e. The Morgan fingerprint density at radius 1 is 1.21 bits per heavy atom. The van der Waals surface area contributed by atoms with Crippen LogP contribution in [-0.2, 0) is 0 Å². The van der Waals surface area contributed by atoms with Crippen LogP contribution in [0.3, 0.4) is 0 Å². The number of ether oxygens (including phenoxy) is 1. The predicted molar refractivity (Wildman–Crippen MR) is 89.3 cm³/mol. The van der Waals surface area contributed by atoms with Gasteiger partial charge in [0, 0.05) is 11.3 Å². The molecule has 3 rings (SSSR count). The summed E-state index contributed by atoms with van der Waals surface area (Å²) in [6.07, 6.45) is 1.62. The standard InChI is InChI=1S/C18H13FN2O2S/c19-15-6-4-14(5-7-15)17-12-21-18(23-17)24-9-8-22-16-3-1-2-13(10-16)11-20/h1-7,10,12H,8-9H2. The Morgan fingerprint density at radius 3 is 2.83 bits per heavy atom. The Labute approximate surface area is 142 Å². The van der Waals surface area contributed by atoms with Gasteiger partial charge >= 0.3 is 0 Å². The minimum atomic E-state index is -0.287. The Kier molecular flexibility index (Phi) is 5.14. The molecule has 4 nitrogen and oxygen atoms in total. The first kappa shape index (κ1) is 16.1. The normalized spacial score (nSPS) is 10.3. The zero-order valence-electron chi connectivity index (χ0n) is 12.6. The van der Waals surface area contributed by atoms with Crippen molar-refractivity contribution in [3.05, 3.63) is 66.1 Å². The van der Waals surface area contributed by atoms with Gasteiger partial charge in [-0.25, -0.2) is 9.37 Å². The van der Waals surface area contributed by atoms with Gasteiger partial charge in [0.2, 0.25) is 0 Å². The average molecular weight is 340 g/mol. The van der Waals surface area contributed by atoms with E-state index in [4.69, 9.17) is 14.4 Å². The van der Waals surface area contributed by atoms with E-state index < -0.39 is 0 Å². The molecule has 6 heteroatoms. The molecule has 0 saturated carbocycles. The molecule has 3 aromatic rings. The first-order chi connectivity index (χ1) is 11.7. The van der Waals surface area contributed by atoms with Crippen LogP contribution in [0.15, 0.2) is 64.4 Å². The van der Waals surface area contributed by atoms with Gasteiger partial charge in [-0.2, -0.15) is 5.26 Å². The summed E-state index contributed by atoms with van der Waals surface area (Å²) in [4.78, 5) is 4.19. The molecule has 0 aliphatic rings. The molecule has 1 heterocycles. The summed E-state index contributed by atoms with van der Waals surface area (Å²) in [6, 6.07) is 15.1. The Bertz CT molecular complexity index is 856. The minimum absolute atomic E-state index is 0.287. The van der Waals surface area contributed by atoms with Gasteiger partial charge in [0.05, 0.1) is 24.4 Å². The van der Waals surface area contributed by atoms with Crippen molar-refractivity contribution in [1.82, 2.24) is 4.98 Å². The lowest BCUT2D eigenvalue weighted by atomic mass is 10.2. The van der Waals surface area contributed by atoms with Crippen LogP contribution in [0.2, 0.25) is 0 Å². The van der Waals surface area contributed by atoms with Gasteiger partial charge in [-0.05, 0) is 42.5 Å². The summed E-state index contributed by atoms with van der Waals surface area (Å²) in [6.45, 7) is 0.466. The summed E-state index contributed by atoms with van der Waals surface area (Å²) in [5.74, 6) is 1.62. The number of oxazole rings is 1. The van der Waals surface area contributed by atoms with Crippen LogP contribution in [0.25, 0.3) is 11.3 Å². The first-order valence-electron chi connectivity index (χ1n) is 7.22. The lowest BCUT2D eigenvalue weighted by Crippen LogP contribution is -2.00. The van der Waals surface area contributed by atoms with Crippen LogP contribution in [-0.4, -0.2) is 17.3 Å². The molecule has 0 aliphatic carbocycles. The van der Waals surface area contributed by atoms with Crippen LogP contribution in [0.5, 0.6) is 5.75 Å². The molecule has 1 aromatic heterocycles. The van der Waals surface area contributed by atoms with Crippen LogP contribution >= 0.6 is 11.8 Å². The van der Waals surface area contributed by atoms with Crippen LogP contribution in [0.4, 0.5) is 4.39 Å². The maximum absolute atomic E-state index is 12.9. The van der Waals surface area contributed by atoms with Gasteiger partial charge in [-0.3, -0.25) is 0 Å². The van der Waals surface area contributed by atoms with E-state index in [1.54, 1.807) is 36.5 Å². The smallest absolute Gasteiger partial charge is 0.256 e. The number of thioether (sulfide) groups is 1. The molecule has 0 radical (unpaired) electrons. The van der Waals surface area contributed by atoms with Gasteiger partial charge in [-0.1, -0.05) is 17.8 Å². The molecule has 0 N–H and O–H groups in total. The Morgan fingerprint density at radius 2 is 2.04 bits per heavy atom. The van der Waals surface area contributed by atoms with Crippen molar-refractivity contribution in [3.63, 3.8) is 0 Å². The van der Waals surface area contributed by atoms with E-state index in [-0.39, 0.29) is 5.82 Å². The van der Waals surface area contributed by atoms with Gasteiger partial charge < -0.3 is 9.15 Å². The maximum atomic E-state index is 12.9. The van der Waals surface area contributed by atoms with E-state index in [2.05, 4.69) is 11.1 Å². The number of hydrogen-bond donors (Lipinski definition) is 0. The van der Waals surface area contributed by atoms with Crippen molar-refractivity contribution in [3.8, 4) is 23.1 Å². The molecule has 24 heavy (non-hydrogen) atoms. The van der Waals surface area contributed by atoms with Crippen molar-refractivity contribution in [1.29, 1.82) is 5.26 Å². The fourth-order valence-corrected chi connectivity index (χ4v) is 2.63. The molecule has 0 spiro atoms. The lowest BCUT2D eigenvalue weighted by Gasteiger charge is -2.04. The van der Waals surface area contributed by atoms with Gasteiger partial charge in [0.25, 0.3) is 5.22 Å². The van der Waals surface area contributed by atoms with E-state index in [0.717, 1.165) is 5.56 Å². The van der Waals surface area contributed by atoms with Crippen molar-refractivity contribution in [2.75, 3.05) is 12.4 Å². The van der Waals surface area contributed by atoms with Crippen LogP contribution in [0, 0.1) is 17.1 Å². The third-order valence-electron chi connectivity index (χ3n) is 3.15. The fraction of sp³-hybridized carbons (Fsp3) is 0.111. The fourth-order valence-electron chi connectivity index (χ4n) is 2.02. The molecule has 2 aromatic carbocycles. The van der Waals surface area contributed by atoms with Crippen LogP contribution in [0.1, 0.15) is 5.56 Å². The average Bonchev–Trinajstić information content (AvgIpc) is 3.08. The zero-order chi connectivity index (χ0) is 16.8. The highest BCUT2D eigenvalue weighted by atomic mass is 32.2.